The Hall–Kier alpha value is -2.06. The van der Waals surface area contributed by atoms with Crippen LogP contribution in [-0.2, 0) is 11.3 Å². The fourth-order valence-electron chi connectivity index (χ4n) is 4.29. The van der Waals surface area contributed by atoms with Crippen LogP contribution in [0.25, 0.3) is 0 Å². The number of hydrogen-bond acceptors (Lipinski definition) is 6. The van der Waals surface area contributed by atoms with Crippen molar-refractivity contribution in [2.75, 3.05) is 37.7 Å². The van der Waals surface area contributed by atoms with E-state index < -0.39 is 0 Å². The van der Waals surface area contributed by atoms with Gasteiger partial charge in [0, 0.05) is 32.8 Å². The van der Waals surface area contributed by atoms with Crippen molar-refractivity contribution < 1.29 is 9.13 Å². The molecule has 2 aliphatic heterocycles. The summed E-state index contributed by atoms with van der Waals surface area (Å²) in [6.45, 7) is 7.08. The lowest BCUT2D eigenvalue weighted by atomic mass is 10.1. The van der Waals surface area contributed by atoms with E-state index in [9.17, 15) is 4.39 Å². The SMILES string of the molecule is CCCC(c1nnnn1CC1CCCO1)N1CCN(c2ccccc2F)CC1. The van der Waals surface area contributed by atoms with Gasteiger partial charge in [-0.05, 0) is 41.8 Å². The number of hydrogen-bond donors (Lipinski definition) is 0. The highest BCUT2D eigenvalue weighted by Gasteiger charge is 2.30. The molecule has 0 saturated carbocycles. The number of aromatic nitrogens is 4. The molecule has 1 aromatic carbocycles. The molecule has 2 aromatic rings. The van der Waals surface area contributed by atoms with Crippen LogP contribution in [0.2, 0.25) is 0 Å². The highest BCUT2D eigenvalue weighted by molar-refractivity contribution is 5.48. The highest BCUT2D eigenvalue weighted by atomic mass is 19.1. The maximum atomic E-state index is 14.1. The largest absolute Gasteiger partial charge is 0.376 e. The molecule has 4 rings (SSSR count). The predicted octanol–water partition coefficient (Wildman–Crippen LogP) is 2.65. The number of halogens is 1. The Morgan fingerprint density at radius 3 is 2.75 bits per heavy atom. The zero-order chi connectivity index (χ0) is 19.3. The Morgan fingerprint density at radius 1 is 1.21 bits per heavy atom. The third kappa shape index (κ3) is 4.17. The van der Waals surface area contributed by atoms with Crippen LogP contribution in [0, 0.1) is 5.82 Å². The first kappa shape index (κ1) is 19.3. The number of anilines is 1. The van der Waals surface area contributed by atoms with Gasteiger partial charge < -0.3 is 9.64 Å². The first-order valence-electron chi connectivity index (χ1n) is 10.4. The zero-order valence-corrected chi connectivity index (χ0v) is 16.5. The molecule has 2 aliphatic rings. The molecule has 2 saturated heterocycles. The molecule has 3 heterocycles. The number of ether oxygens (including phenoxy) is 1. The maximum Gasteiger partial charge on any atom is 0.168 e. The number of piperazine rings is 1. The van der Waals surface area contributed by atoms with E-state index in [1.807, 2.05) is 16.8 Å². The lowest BCUT2D eigenvalue weighted by molar-refractivity contribution is 0.0891. The molecule has 2 atom stereocenters. The molecule has 152 valence electrons. The topological polar surface area (TPSA) is 59.3 Å². The minimum atomic E-state index is -0.151. The van der Waals surface area contributed by atoms with Crippen LogP contribution in [0.1, 0.15) is 44.5 Å². The van der Waals surface area contributed by atoms with Crippen LogP contribution in [0.5, 0.6) is 0 Å². The molecule has 1 aromatic heterocycles. The summed E-state index contributed by atoms with van der Waals surface area (Å²) in [5, 5.41) is 12.6. The first-order valence-corrected chi connectivity index (χ1v) is 10.4. The van der Waals surface area contributed by atoms with Crippen molar-refractivity contribution in [1.29, 1.82) is 0 Å². The summed E-state index contributed by atoms with van der Waals surface area (Å²) in [6.07, 6.45) is 4.45. The number of para-hydroxylation sites is 1. The second-order valence-electron chi connectivity index (χ2n) is 7.63. The van der Waals surface area contributed by atoms with E-state index in [-0.39, 0.29) is 18.0 Å². The summed E-state index contributed by atoms with van der Waals surface area (Å²) in [5.41, 5.74) is 0.692. The highest BCUT2D eigenvalue weighted by Crippen LogP contribution is 2.28. The third-order valence-electron chi connectivity index (χ3n) is 5.77. The quantitative estimate of drug-likeness (QED) is 0.727. The molecule has 2 fully saturated rings. The predicted molar refractivity (Wildman–Crippen MR) is 105 cm³/mol. The van der Waals surface area contributed by atoms with Gasteiger partial charge in [-0.3, -0.25) is 4.90 Å². The Balaban J connectivity index is 1.44. The van der Waals surface area contributed by atoms with Crippen molar-refractivity contribution in [3.05, 3.63) is 35.9 Å². The van der Waals surface area contributed by atoms with Crippen LogP contribution in [0.4, 0.5) is 10.1 Å². The lowest BCUT2D eigenvalue weighted by Gasteiger charge is -2.39. The molecule has 28 heavy (non-hydrogen) atoms. The molecule has 0 amide bonds. The summed E-state index contributed by atoms with van der Waals surface area (Å²) in [7, 11) is 0. The minimum absolute atomic E-state index is 0.151. The average Bonchev–Trinajstić information content (AvgIpc) is 3.39. The average molecular weight is 388 g/mol. The van der Waals surface area contributed by atoms with Crippen molar-refractivity contribution in [1.82, 2.24) is 25.1 Å². The molecular weight excluding hydrogens is 359 g/mol. The number of rotatable bonds is 7. The first-order chi connectivity index (χ1) is 13.8. The fourth-order valence-corrected chi connectivity index (χ4v) is 4.29. The van der Waals surface area contributed by atoms with Crippen LogP contribution >= 0.6 is 0 Å². The van der Waals surface area contributed by atoms with Gasteiger partial charge in [-0.1, -0.05) is 25.5 Å². The second kappa shape index (κ2) is 8.96. The minimum Gasteiger partial charge on any atom is -0.376 e. The van der Waals surface area contributed by atoms with E-state index in [0.717, 1.165) is 70.8 Å². The van der Waals surface area contributed by atoms with Gasteiger partial charge in [-0.15, -0.1) is 5.10 Å². The van der Waals surface area contributed by atoms with Gasteiger partial charge in [-0.2, -0.15) is 0 Å². The molecule has 0 N–H and O–H groups in total. The summed E-state index contributed by atoms with van der Waals surface area (Å²) in [6, 6.07) is 7.20. The van der Waals surface area contributed by atoms with Crippen molar-refractivity contribution in [2.24, 2.45) is 0 Å². The second-order valence-corrected chi connectivity index (χ2v) is 7.63. The van der Waals surface area contributed by atoms with Gasteiger partial charge >= 0.3 is 0 Å². The molecule has 8 heteroatoms. The Bertz CT molecular complexity index is 755. The smallest absolute Gasteiger partial charge is 0.168 e. The molecule has 0 spiro atoms. The van der Waals surface area contributed by atoms with Crippen LogP contribution in [0.3, 0.4) is 0 Å². The number of benzene rings is 1. The maximum absolute atomic E-state index is 14.1. The summed E-state index contributed by atoms with van der Waals surface area (Å²) >= 11 is 0. The van der Waals surface area contributed by atoms with Crippen molar-refractivity contribution >= 4 is 5.69 Å². The van der Waals surface area contributed by atoms with E-state index in [1.54, 1.807) is 6.07 Å². The summed E-state index contributed by atoms with van der Waals surface area (Å²) in [4.78, 5) is 4.57. The monoisotopic (exact) mass is 388 g/mol. The lowest BCUT2D eigenvalue weighted by Crippen LogP contribution is -2.48. The van der Waals surface area contributed by atoms with Gasteiger partial charge in [-0.25, -0.2) is 9.07 Å². The number of tetrazole rings is 1. The van der Waals surface area contributed by atoms with Crippen molar-refractivity contribution in [3.8, 4) is 0 Å². The Kier molecular flexibility index (Phi) is 6.17. The normalized spacial score (nSPS) is 21.9. The Labute approximate surface area is 165 Å². The molecule has 7 nitrogen and oxygen atoms in total. The fraction of sp³-hybridized carbons (Fsp3) is 0.650. The molecule has 2 unspecified atom stereocenters. The van der Waals surface area contributed by atoms with E-state index >= 15 is 0 Å². The van der Waals surface area contributed by atoms with E-state index in [2.05, 4.69) is 32.2 Å². The molecular formula is C20H29FN6O. The van der Waals surface area contributed by atoms with Gasteiger partial charge in [0.2, 0.25) is 0 Å². The molecule has 0 radical (unpaired) electrons. The van der Waals surface area contributed by atoms with E-state index in [4.69, 9.17) is 4.74 Å². The van der Waals surface area contributed by atoms with Crippen LogP contribution < -0.4 is 4.90 Å². The third-order valence-corrected chi connectivity index (χ3v) is 5.77. The standard InChI is InChI=1S/C20H29FN6O/c1-2-6-19(20-22-23-24-27(20)15-16-7-5-14-28-16)26-12-10-25(11-13-26)18-9-4-3-8-17(18)21/h3-4,8-9,16,19H,2,5-7,10-15H2,1H3. The summed E-state index contributed by atoms with van der Waals surface area (Å²) < 4.78 is 21.8. The van der Waals surface area contributed by atoms with E-state index in [1.165, 1.54) is 6.07 Å². The Morgan fingerprint density at radius 2 is 2.04 bits per heavy atom. The summed E-state index contributed by atoms with van der Waals surface area (Å²) in [5.74, 6) is 0.776. The van der Waals surface area contributed by atoms with Crippen LogP contribution in [0.15, 0.2) is 24.3 Å². The van der Waals surface area contributed by atoms with Gasteiger partial charge in [0.25, 0.3) is 0 Å². The zero-order valence-electron chi connectivity index (χ0n) is 16.5. The molecule has 0 aliphatic carbocycles. The van der Waals surface area contributed by atoms with E-state index in [0.29, 0.717) is 5.69 Å². The van der Waals surface area contributed by atoms with Gasteiger partial charge in [0.15, 0.2) is 5.82 Å². The van der Waals surface area contributed by atoms with Crippen molar-refractivity contribution in [3.63, 3.8) is 0 Å². The number of nitrogens with zero attached hydrogens (tertiary/aromatic N) is 6. The van der Waals surface area contributed by atoms with Gasteiger partial charge in [0.05, 0.1) is 24.4 Å². The van der Waals surface area contributed by atoms with Crippen LogP contribution in [-0.4, -0.2) is 64.0 Å². The molecule has 0 bridgehead atoms. The van der Waals surface area contributed by atoms with Crippen molar-refractivity contribution in [2.45, 2.75) is 51.3 Å². The van der Waals surface area contributed by atoms with Gasteiger partial charge in [0.1, 0.15) is 5.82 Å².